The number of nitro groups is 1. The standard InChI is InChI=1S/C9H10F2N2O2.C2H6/c1-3-12-9-6(13(14)15)4-5(2)7(10)8(9)11;1-2/h4,12H,3H2,1-2H3;1-2H3. The molecule has 4 nitrogen and oxygen atoms in total. The number of hydrogen-bond acceptors (Lipinski definition) is 3. The van der Waals surface area contributed by atoms with E-state index in [1.165, 1.54) is 6.92 Å². The van der Waals surface area contributed by atoms with E-state index in [1.807, 2.05) is 13.8 Å². The quantitative estimate of drug-likeness (QED) is 0.654. The van der Waals surface area contributed by atoms with Crippen molar-refractivity contribution in [2.75, 3.05) is 11.9 Å². The first-order valence-corrected chi connectivity index (χ1v) is 5.35. The molecule has 0 saturated heterocycles. The zero-order valence-electron chi connectivity index (χ0n) is 10.3. The van der Waals surface area contributed by atoms with Crippen molar-refractivity contribution in [2.24, 2.45) is 0 Å². The van der Waals surface area contributed by atoms with Crippen LogP contribution in [0, 0.1) is 28.7 Å². The van der Waals surface area contributed by atoms with Gasteiger partial charge in [0.15, 0.2) is 17.3 Å². The number of halogens is 2. The van der Waals surface area contributed by atoms with E-state index in [9.17, 15) is 18.9 Å². The fraction of sp³-hybridized carbons (Fsp3) is 0.455. The molecule has 1 aromatic rings. The molecule has 0 atom stereocenters. The molecule has 0 spiro atoms. The molecule has 0 bridgehead atoms. The molecular weight excluding hydrogens is 230 g/mol. The van der Waals surface area contributed by atoms with Gasteiger partial charge in [0.1, 0.15) is 0 Å². The van der Waals surface area contributed by atoms with E-state index in [0.717, 1.165) is 6.07 Å². The van der Waals surface area contributed by atoms with E-state index in [-0.39, 0.29) is 12.1 Å². The third kappa shape index (κ3) is 3.37. The molecule has 1 N–H and O–H groups in total. The van der Waals surface area contributed by atoms with Crippen LogP contribution in [0.2, 0.25) is 0 Å². The van der Waals surface area contributed by atoms with Crippen molar-refractivity contribution in [2.45, 2.75) is 27.7 Å². The van der Waals surface area contributed by atoms with Gasteiger partial charge in [-0.2, -0.15) is 0 Å². The normalized spacial score (nSPS) is 9.29. The maximum absolute atomic E-state index is 13.3. The predicted octanol–water partition coefficient (Wildman–Crippen LogP) is 3.64. The number of nitro benzene ring substituents is 1. The summed E-state index contributed by atoms with van der Waals surface area (Å²) in [6, 6.07) is 1.01. The Morgan fingerprint density at radius 2 is 1.88 bits per heavy atom. The summed E-state index contributed by atoms with van der Waals surface area (Å²) >= 11 is 0. The van der Waals surface area contributed by atoms with Gasteiger partial charge in [0, 0.05) is 12.6 Å². The molecule has 0 radical (unpaired) electrons. The van der Waals surface area contributed by atoms with Gasteiger partial charge in [-0.25, -0.2) is 8.78 Å². The van der Waals surface area contributed by atoms with Crippen LogP contribution in [-0.2, 0) is 0 Å². The Morgan fingerprint density at radius 1 is 1.35 bits per heavy atom. The van der Waals surface area contributed by atoms with E-state index < -0.39 is 27.9 Å². The number of nitrogens with zero attached hydrogens (tertiary/aromatic N) is 1. The highest BCUT2D eigenvalue weighted by molar-refractivity contribution is 5.63. The van der Waals surface area contributed by atoms with Crippen LogP contribution in [0.4, 0.5) is 20.2 Å². The summed E-state index contributed by atoms with van der Waals surface area (Å²) in [6.45, 7) is 7.20. The van der Waals surface area contributed by atoms with E-state index in [0.29, 0.717) is 0 Å². The van der Waals surface area contributed by atoms with Crippen molar-refractivity contribution >= 4 is 11.4 Å². The third-order valence-electron chi connectivity index (χ3n) is 1.92. The first kappa shape index (κ1) is 15.3. The van der Waals surface area contributed by atoms with Crippen molar-refractivity contribution < 1.29 is 13.7 Å². The zero-order chi connectivity index (χ0) is 13.6. The molecule has 0 aliphatic heterocycles. The van der Waals surface area contributed by atoms with Crippen molar-refractivity contribution in [3.8, 4) is 0 Å². The summed E-state index contributed by atoms with van der Waals surface area (Å²) in [5, 5.41) is 13.0. The number of hydrogen-bond donors (Lipinski definition) is 1. The van der Waals surface area contributed by atoms with Gasteiger partial charge in [0.25, 0.3) is 5.69 Å². The molecule has 0 unspecified atom stereocenters. The van der Waals surface area contributed by atoms with Gasteiger partial charge in [0.05, 0.1) is 4.92 Å². The smallest absolute Gasteiger partial charge is 0.295 e. The summed E-state index contributed by atoms with van der Waals surface area (Å²) < 4.78 is 26.4. The number of aryl methyl sites for hydroxylation is 1. The Bertz CT molecular complexity index is 409. The van der Waals surface area contributed by atoms with Crippen LogP contribution in [0.15, 0.2) is 6.07 Å². The highest BCUT2D eigenvalue weighted by atomic mass is 19.2. The maximum Gasteiger partial charge on any atom is 0.295 e. The van der Waals surface area contributed by atoms with Gasteiger partial charge in [-0.05, 0) is 19.4 Å². The lowest BCUT2D eigenvalue weighted by Crippen LogP contribution is -2.06. The van der Waals surface area contributed by atoms with Crippen molar-refractivity contribution in [3.05, 3.63) is 33.4 Å². The van der Waals surface area contributed by atoms with Gasteiger partial charge in [-0.3, -0.25) is 10.1 Å². The molecule has 17 heavy (non-hydrogen) atoms. The minimum Gasteiger partial charge on any atom is -0.377 e. The predicted molar refractivity (Wildman–Crippen MR) is 63.3 cm³/mol. The average Bonchev–Trinajstić information content (AvgIpc) is 2.32. The topological polar surface area (TPSA) is 55.2 Å². The molecule has 1 aromatic carbocycles. The fourth-order valence-corrected chi connectivity index (χ4v) is 1.22. The highest BCUT2D eigenvalue weighted by Crippen LogP contribution is 2.31. The molecule has 0 aliphatic rings. The molecule has 0 aromatic heterocycles. The van der Waals surface area contributed by atoms with Gasteiger partial charge >= 0.3 is 0 Å². The molecular formula is C11H16F2N2O2. The van der Waals surface area contributed by atoms with E-state index >= 15 is 0 Å². The van der Waals surface area contributed by atoms with Crippen molar-refractivity contribution in [1.29, 1.82) is 0 Å². The molecule has 0 amide bonds. The average molecular weight is 246 g/mol. The minimum absolute atomic E-state index is 0.0825. The van der Waals surface area contributed by atoms with Crippen LogP contribution in [0.1, 0.15) is 26.3 Å². The van der Waals surface area contributed by atoms with Crippen molar-refractivity contribution in [3.63, 3.8) is 0 Å². The zero-order valence-corrected chi connectivity index (χ0v) is 10.3. The maximum atomic E-state index is 13.3. The Labute approximate surface area is 98.8 Å². The molecule has 6 heteroatoms. The molecule has 0 fully saturated rings. The van der Waals surface area contributed by atoms with E-state index in [4.69, 9.17) is 0 Å². The van der Waals surface area contributed by atoms with Crippen molar-refractivity contribution in [1.82, 2.24) is 0 Å². The Kier molecular flexibility index (Phi) is 6.09. The molecule has 0 saturated carbocycles. The van der Waals surface area contributed by atoms with Crippen LogP contribution in [0.25, 0.3) is 0 Å². The van der Waals surface area contributed by atoms with Crippen LogP contribution in [0.3, 0.4) is 0 Å². The van der Waals surface area contributed by atoms with E-state index in [2.05, 4.69) is 5.32 Å². The molecule has 96 valence electrons. The summed E-state index contributed by atoms with van der Waals surface area (Å²) in [6.07, 6.45) is 0. The van der Waals surface area contributed by atoms with Crippen LogP contribution < -0.4 is 5.32 Å². The minimum atomic E-state index is -1.21. The lowest BCUT2D eigenvalue weighted by molar-refractivity contribution is -0.384. The fourth-order valence-electron chi connectivity index (χ4n) is 1.22. The Morgan fingerprint density at radius 3 is 2.29 bits per heavy atom. The first-order valence-electron chi connectivity index (χ1n) is 5.35. The summed E-state index contributed by atoms with van der Waals surface area (Å²) in [7, 11) is 0. The Hall–Kier alpha value is -1.72. The van der Waals surface area contributed by atoms with Gasteiger partial charge < -0.3 is 5.32 Å². The van der Waals surface area contributed by atoms with Crippen LogP contribution in [-0.4, -0.2) is 11.5 Å². The highest BCUT2D eigenvalue weighted by Gasteiger charge is 2.23. The number of nitrogens with one attached hydrogen (secondary N) is 1. The summed E-state index contributed by atoms with van der Waals surface area (Å²) in [5.74, 6) is -2.26. The second-order valence-corrected chi connectivity index (χ2v) is 3.00. The largest absolute Gasteiger partial charge is 0.377 e. The number of benzene rings is 1. The van der Waals surface area contributed by atoms with Crippen LogP contribution >= 0.6 is 0 Å². The van der Waals surface area contributed by atoms with Gasteiger partial charge in [-0.15, -0.1) is 0 Å². The molecule has 0 aliphatic carbocycles. The Balaban J connectivity index is 0.00000121. The monoisotopic (exact) mass is 246 g/mol. The lowest BCUT2D eigenvalue weighted by Gasteiger charge is -2.07. The summed E-state index contributed by atoms with van der Waals surface area (Å²) in [4.78, 5) is 9.85. The van der Waals surface area contributed by atoms with Gasteiger partial charge in [0.2, 0.25) is 0 Å². The second-order valence-electron chi connectivity index (χ2n) is 3.00. The second kappa shape index (κ2) is 6.78. The molecule has 0 heterocycles. The number of rotatable bonds is 3. The molecule has 1 rings (SSSR count). The lowest BCUT2D eigenvalue weighted by atomic mass is 10.1. The van der Waals surface area contributed by atoms with Crippen LogP contribution in [0.5, 0.6) is 0 Å². The number of anilines is 1. The first-order chi connectivity index (χ1) is 7.99. The van der Waals surface area contributed by atoms with E-state index in [1.54, 1.807) is 6.92 Å². The third-order valence-corrected chi connectivity index (χ3v) is 1.92. The van der Waals surface area contributed by atoms with Gasteiger partial charge in [-0.1, -0.05) is 13.8 Å². The summed E-state index contributed by atoms with van der Waals surface area (Å²) in [5.41, 5.74) is -0.931. The SMILES string of the molecule is CC.CCNc1c([N+](=O)[O-])cc(C)c(F)c1F.